The van der Waals surface area contributed by atoms with E-state index in [1.807, 2.05) is 0 Å². The van der Waals surface area contributed by atoms with Crippen molar-refractivity contribution in [1.29, 1.82) is 0 Å². The fourth-order valence-electron chi connectivity index (χ4n) is 5.19. The third kappa shape index (κ3) is 6.25. The highest BCUT2D eigenvalue weighted by molar-refractivity contribution is 6.16. The molecule has 1 atom stereocenters. The number of nitrogens with two attached hydrogens (primary N) is 1. The highest BCUT2D eigenvalue weighted by atomic mass is 19.2. The Morgan fingerprint density at radius 1 is 1.29 bits per heavy atom. The summed E-state index contributed by atoms with van der Waals surface area (Å²) in [4.78, 5) is 19.8. The fraction of sp³-hybridized carbons (Fsp3) is 0.393. The van der Waals surface area contributed by atoms with Gasteiger partial charge in [0.15, 0.2) is 23.1 Å². The largest absolute Gasteiger partial charge is 0.493 e. The molecule has 41 heavy (non-hydrogen) atoms. The van der Waals surface area contributed by atoms with Gasteiger partial charge in [0, 0.05) is 24.2 Å². The second-order valence-electron chi connectivity index (χ2n) is 9.90. The zero-order valence-electron chi connectivity index (χ0n) is 22.7. The number of nitrogens with one attached hydrogen (secondary N) is 1. The van der Waals surface area contributed by atoms with Gasteiger partial charge in [0.05, 0.1) is 50.8 Å². The van der Waals surface area contributed by atoms with Crippen LogP contribution < -0.4 is 25.4 Å². The smallest absolute Gasteiger partial charge is 0.239 e. The number of hydrogen-bond acceptors (Lipinski definition) is 8. The van der Waals surface area contributed by atoms with Crippen molar-refractivity contribution >= 4 is 28.8 Å². The summed E-state index contributed by atoms with van der Waals surface area (Å²) in [6.07, 6.45) is 5.86. The molecule has 0 spiro atoms. The Balaban J connectivity index is 1.44. The normalized spacial score (nSPS) is 17.9. The summed E-state index contributed by atoms with van der Waals surface area (Å²) >= 11 is 0. The summed E-state index contributed by atoms with van der Waals surface area (Å²) in [5.74, 6) is -1.27. The van der Waals surface area contributed by atoms with E-state index in [0.717, 1.165) is 38.4 Å². The Bertz CT molecular complexity index is 1430. The summed E-state index contributed by atoms with van der Waals surface area (Å²) in [5, 5.41) is 16.9. The SMILES string of the molecule is COc1cc2c(cc1OCCCN1CCC[C@@H]1CO)NCN(c1cccc(F)c1F)C2=Nc1cnn(CC(N)=O)c1. The number of halogens is 2. The molecule has 0 saturated carbocycles. The summed E-state index contributed by atoms with van der Waals surface area (Å²) in [6, 6.07) is 7.68. The van der Waals surface area contributed by atoms with Crippen LogP contribution in [0, 0.1) is 11.6 Å². The lowest BCUT2D eigenvalue weighted by atomic mass is 10.1. The van der Waals surface area contributed by atoms with Crippen molar-refractivity contribution in [2.24, 2.45) is 10.7 Å². The van der Waals surface area contributed by atoms with Gasteiger partial charge in [-0.3, -0.25) is 14.4 Å². The number of amides is 1. The zero-order valence-corrected chi connectivity index (χ0v) is 22.7. The number of primary amides is 1. The highest BCUT2D eigenvalue weighted by Crippen LogP contribution is 2.38. The van der Waals surface area contributed by atoms with Gasteiger partial charge >= 0.3 is 0 Å². The van der Waals surface area contributed by atoms with E-state index in [1.54, 1.807) is 12.1 Å². The molecule has 1 saturated heterocycles. The van der Waals surface area contributed by atoms with Crippen molar-refractivity contribution in [3.05, 3.63) is 59.9 Å². The number of methoxy groups -OCH3 is 1. The van der Waals surface area contributed by atoms with Crippen LogP contribution in [0.4, 0.5) is 25.8 Å². The molecule has 4 N–H and O–H groups in total. The Morgan fingerprint density at radius 3 is 2.93 bits per heavy atom. The van der Waals surface area contributed by atoms with Gasteiger partial charge < -0.3 is 30.5 Å². The molecule has 218 valence electrons. The van der Waals surface area contributed by atoms with Gasteiger partial charge in [-0.05, 0) is 44.0 Å². The van der Waals surface area contributed by atoms with Crippen LogP contribution in [-0.4, -0.2) is 77.7 Å². The first-order valence-electron chi connectivity index (χ1n) is 13.4. The second-order valence-corrected chi connectivity index (χ2v) is 9.90. The van der Waals surface area contributed by atoms with E-state index in [1.165, 1.54) is 41.2 Å². The van der Waals surface area contributed by atoms with Crippen LogP contribution in [-0.2, 0) is 11.3 Å². The number of amidine groups is 1. The lowest BCUT2D eigenvalue weighted by Gasteiger charge is -2.33. The minimum atomic E-state index is -1.01. The molecule has 2 aromatic carbocycles. The molecule has 2 aliphatic rings. The van der Waals surface area contributed by atoms with Crippen molar-refractivity contribution in [3.8, 4) is 11.5 Å². The minimum absolute atomic E-state index is 0.00572. The number of hydrogen-bond donors (Lipinski definition) is 3. The van der Waals surface area contributed by atoms with E-state index in [-0.39, 0.29) is 31.5 Å². The van der Waals surface area contributed by atoms with Crippen LogP contribution >= 0.6 is 0 Å². The van der Waals surface area contributed by atoms with Crippen LogP contribution in [0.3, 0.4) is 0 Å². The number of likely N-dealkylation sites (tertiary alicyclic amines) is 1. The molecule has 3 heterocycles. The Morgan fingerprint density at radius 2 is 2.15 bits per heavy atom. The summed E-state index contributed by atoms with van der Waals surface area (Å²) in [5.41, 5.74) is 6.89. The van der Waals surface area contributed by atoms with E-state index in [2.05, 4.69) is 15.3 Å². The predicted molar refractivity (Wildman–Crippen MR) is 150 cm³/mol. The van der Waals surface area contributed by atoms with Gasteiger partial charge in [0.1, 0.15) is 18.1 Å². The first kappa shape index (κ1) is 28.3. The Hall–Kier alpha value is -4.23. The molecule has 0 radical (unpaired) electrons. The van der Waals surface area contributed by atoms with Gasteiger partial charge in [-0.25, -0.2) is 13.8 Å². The van der Waals surface area contributed by atoms with E-state index in [9.17, 15) is 18.7 Å². The average molecular weight is 570 g/mol. The van der Waals surface area contributed by atoms with Crippen molar-refractivity contribution < 1.29 is 28.2 Å². The molecule has 1 aromatic heterocycles. The maximum Gasteiger partial charge on any atom is 0.239 e. The predicted octanol–water partition coefficient (Wildman–Crippen LogP) is 2.85. The number of carbonyl (C=O) groups is 1. The highest BCUT2D eigenvalue weighted by Gasteiger charge is 2.29. The number of carbonyl (C=O) groups excluding carboxylic acids is 1. The fourth-order valence-corrected chi connectivity index (χ4v) is 5.19. The molecule has 2 aliphatic heterocycles. The molecule has 1 fully saturated rings. The molecule has 5 rings (SSSR count). The van der Waals surface area contributed by atoms with E-state index >= 15 is 0 Å². The topological polar surface area (TPSA) is 130 Å². The van der Waals surface area contributed by atoms with E-state index in [4.69, 9.17) is 20.2 Å². The average Bonchev–Trinajstić information content (AvgIpc) is 3.61. The van der Waals surface area contributed by atoms with Gasteiger partial charge in [-0.1, -0.05) is 6.07 Å². The van der Waals surface area contributed by atoms with Gasteiger partial charge in [-0.15, -0.1) is 0 Å². The molecular weight excluding hydrogens is 536 g/mol. The third-order valence-electron chi connectivity index (χ3n) is 7.18. The molecule has 1 amide bonds. The van der Waals surface area contributed by atoms with Gasteiger partial charge in [0.25, 0.3) is 0 Å². The van der Waals surface area contributed by atoms with E-state index in [0.29, 0.717) is 40.9 Å². The first-order valence-corrected chi connectivity index (χ1v) is 13.4. The van der Waals surface area contributed by atoms with Gasteiger partial charge in [0.2, 0.25) is 5.91 Å². The molecule has 3 aromatic rings. The zero-order chi connectivity index (χ0) is 28.9. The number of aliphatic hydroxyl groups is 1. The molecule has 0 unspecified atom stereocenters. The number of benzene rings is 2. The minimum Gasteiger partial charge on any atom is -0.493 e. The maximum atomic E-state index is 14.9. The van der Waals surface area contributed by atoms with Crippen molar-refractivity contribution in [2.75, 3.05) is 50.3 Å². The summed E-state index contributed by atoms with van der Waals surface area (Å²) < 4.78 is 42.2. The number of aliphatic hydroxyl groups excluding tert-OH is 1. The van der Waals surface area contributed by atoms with Crippen LogP contribution in [0.25, 0.3) is 0 Å². The number of fused-ring (bicyclic) bond motifs is 1. The number of aliphatic imine (C=N–C) groups is 1. The second kappa shape index (κ2) is 12.5. The van der Waals surface area contributed by atoms with Gasteiger partial charge in [-0.2, -0.15) is 5.10 Å². The maximum absolute atomic E-state index is 14.9. The Labute approximate surface area is 236 Å². The summed E-state index contributed by atoms with van der Waals surface area (Å²) in [7, 11) is 1.52. The Kier molecular flexibility index (Phi) is 8.64. The van der Waals surface area contributed by atoms with Crippen molar-refractivity contribution in [3.63, 3.8) is 0 Å². The lowest BCUT2D eigenvalue weighted by molar-refractivity contribution is -0.118. The lowest BCUT2D eigenvalue weighted by Crippen LogP contribution is -2.41. The number of rotatable bonds is 11. The van der Waals surface area contributed by atoms with E-state index < -0.39 is 17.5 Å². The van der Waals surface area contributed by atoms with Crippen molar-refractivity contribution in [1.82, 2.24) is 14.7 Å². The molecular formula is C28H33F2N7O4. The number of ether oxygens (including phenoxy) is 2. The van der Waals surface area contributed by atoms with Crippen LogP contribution in [0.5, 0.6) is 11.5 Å². The van der Waals surface area contributed by atoms with Crippen LogP contribution in [0.1, 0.15) is 24.8 Å². The molecule has 13 heteroatoms. The number of nitrogens with zero attached hydrogens (tertiary/aromatic N) is 5. The van der Waals surface area contributed by atoms with Crippen LogP contribution in [0.2, 0.25) is 0 Å². The first-order chi connectivity index (χ1) is 19.9. The monoisotopic (exact) mass is 569 g/mol. The summed E-state index contributed by atoms with van der Waals surface area (Å²) in [6.45, 7) is 2.37. The van der Waals surface area contributed by atoms with Crippen LogP contribution in [0.15, 0.2) is 47.7 Å². The third-order valence-corrected chi connectivity index (χ3v) is 7.18. The molecule has 0 bridgehead atoms. The quantitative estimate of drug-likeness (QED) is 0.301. The number of anilines is 2. The van der Waals surface area contributed by atoms with Crippen molar-refractivity contribution in [2.45, 2.75) is 31.8 Å². The number of aromatic nitrogens is 2. The standard InChI is InChI=1S/C28H33F2N7O4/c1-40-24-11-20-22(12-25(24)41-10-4-9-35-8-3-5-19(35)16-38)32-17-37(23-7-2-6-21(29)27(23)30)28(20)34-18-13-33-36(14-18)15-26(31)39/h2,6-7,11-14,19,32,38H,3-5,8-10,15-17H2,1H3,(H2,31,39)/t19-/m1/s1. The molecule has 0 aliphatic carbocycles. The molecule has 11 nitrogen and oxygen atoms in total.